The van der Waals surface area contributed by atoms with Gasteiger partial charge in [-0.2, -0.15) is 135 Å². The minimum Gasteiger partial charge on any atom is -0.341 e. The molecule has 25 atom stereocenters. The van der Waals surface area contributed by atoms with Crippen molar-refractivity contribution in [1.82, 2.24) is 0 Å². The first kappa shape index (κ1) is 112. The van der Waals surface area contributed by atoms with Gasteiger partial charge in [0.05, 0.1) is 33.0 Å². The second-order valence-corrected chi connectivity index (χ2v) is 40.8. The van der Waals surface area contributed by atoms with Crippen molar-refractivity contribution in [2.75, 3.05) is 33.0 Å². The molecule has 5 aliphatic heterocycles. The quantitative estimate of drug-likeness (QED) is 0.0199. The third-order valence-corrected chi connectivity index (χ3v) is 21.6. The Kier molecular flexibility index (Phi) is 37.0. The molecule has 0 aliphatic carbocycles. The Morgan fingerprint density at radius 2 is 0.339 bits per heavy atom. The average molecular weight is 2190 g/mol. The summed E-state index contributed by atoms with van der Waals surface area (Å²) in [6.07, 6.45) is -99.0. The third-order valence-electron chi connectivity index (χ3n) is 13.8. The molecule has 1 unspecified atom stereocenters. The molecule has 0 bridgehead atoms. The molecule has 94 heteroatoms. The zero-order chi connectivity index (χ0) is 95.9. The fourth-order valence-corrected chi connectivity index (χ4v) is 17.9. The molecular formula is C30H53O77PS16. The first-order valence-corrected chi connectivity index (χ1v) is 52.3. The van der Waals surface area contributed by atoms with Gasteiger partial charge in [-0.25, -0.2) is 71.5 Å². The molecule has 0 spiro atoms. The van der Waals surface area contributed by atoms with Gasteiger partial charge in [0.25, 0.3) is 0 Å². The van der Waals surface area contributed by atoms with E-state index in [1.54, 1.807) is 0 Å². The highest BCUT2D eigenvalue weighted by Crippen LogP contribution is 2.45. The monoisotopic (exact) mass is 2190 g/mol. The van der Waals surface area contributed by atoms with Gasteiger partial charge in [-0.1, -0.05) is 0 Å². The molecule has 5 fully saturated rings. The molecule has 5 heterocycles. The van der Waals surface area contributed by atoms with Crippen molar-refractivity contribution >= 4 is 174 Å². The van der Waals surface area contributed by atoms with E-state index < -0.39 is 361 Å². The molecule has 5 rings (SSSR count). The molecule has 0 radical (unpaired) electrons. The van der Waals surface area contributed by atoms with Crippen molar-refractivity contribution in [2.24, 2.45) is 0 Å². The van der Waals surface area contributed by atoms with Crippen molar-refractivity contribution in [3.05, 3.63) is 0 Å². The number of hydrogen-bond acceptors (Lipinski definition) is 59. The molecule has 0 amide bonds. The minimum absolute atomic E-state index is 2.25. The van der Waals surface area contributed by atoms with Crippen LogP contribution in [-0.2, 0) is 285 Å². The van der Waals surface area contributed by atoms with E-state index in [4.69, 9.17) is 42.6 Å². The molecule has 0 aromatic carbocycles. The highest BCUT2D eigenvalue weighted by Gasteiger charge is 2.65. The Balaban J connectivity index is 2.06. The lowest BCUT2D eigenvalue weighted by molar-refractivity contribution is -0.386. The van der Waals surface area contributed by atoms with Gasteiger partial charge in [0.15, 0.2) is 49.6 Å². The molecule has 124 heavy (non-hydrogen) atoms. The van der Waals surface area contributed by atoms with Crippen LogP contribution < -0.4 is 0 Å². The average Bonchev–Trinajstić information content (AvgIpc) is 0.747. The van der Waals surface area contributed by atoms with E-state index in [1.807, 2.05) is 0 Å². The molecule has 736 valence electrons. The smallest absolute Gasteiger partial charge is 0.341 e. The largest absolute Gasteiger partial charge is 0.469 e. The van der Waals surface area contributed by atoms with Gasteiger partial charge in [-0.15, -0.1) is 0 Å². The number of phosphoric acid groups is 1. The van der Waals surface area contributed by atoms with E-state index in [9.17, 15) is 222 Å². The van der Waals surface area contributed by atoms with E-state index in [0.717, 1.165) is 0 Å². The second-order valence-electron chi connectivity index (χ2n) is 22.7. The van der Waals surface area contributed by atoms with Gasteiger partial charge in [-0.05, 0) is 0 Å². The van der Waals surface area contributed by atoms with E-state index >= 15 is 0 Å². The Hall–Kier alpha value is -2.33. The molecular weight excluding hydrogens is 2140 g/mol. The van der Waals surface area contributed by atoms with E-state index in [-0.39, 0.29) is 0 Å². The lowest BCUT2D eigenvalue weighted by Gasteiger charge is -2.51. The molecule has 5 aliphatic rings. The Morgan fingerprint density at radius 3 is 0.532 bits per heavy atom. The first-order valence-electron chi connectivity index (χ1n) is 28.9. The topological polar surface area (TPSA) is 1170 Å². The molecule has 0 saturated carbocycles. The number of ether oxygens (including phenoxy) is 9. The fourth-order valence-electron chi connectivity index (χ4n) is 10.5. The summed E-state index contributed by atoms with van der Waals surface area (Å²) in [6.45, 7) is -12.3. The van der Waals surface area contributed by atoms with Gasteiger partial charge in [0.1, 0.15) is 97.7 Å². The van der Waals surface area contributed by atoms with Crippen LogP contribution in [0, 0.1) is 0 Å². The number of phosphoric ester groups is 1. The normalized spacial score (nSPS) is 32.8. The predicted molar refractivity (Wildman–Crippen MR) is 344 cm³/mol. The van der Waals surface area contributed by atoms with Crippen LogP contribution in [0.15, 0.2) is 0 Å². The maximum absolute atomic E-state index is 13.3. The number of rotatable bonds is 47. The molecule has 0 aromatic heterocycles. The SMILES string of the molecule is O=P(O)(O)OC[C@H]1O[C@H](O[C@@H]2[C@H](OS(=O)(=O)O)[C@@H](O[C@@H]3[C@H](OS(=O)(=O)O)[C@@H](O[C@@H]4[C@H](OS(=O)(=O)O)[C@@H](O[C@@H]5C(OS(=O)(=O)O)O[C@H](COS(=O)(=O)O)[C@@H](OS(=O)(=O)O)[C@@H]5OS(=O)(=O)O)O[C@H](COS(=O)(=O)O)[C@H]4OS(=O)(=O)O)O[C@H](COS(=O)(=O)O)[C@H]3OS(=O)(=O)O)O[C@H](COS(=O)(=O)O)[C@H]2OS(=O)(=O)O)[C@@H](OS(=O)(=O)O)[C@@H](OS(=O)(=O)O)[C@@H]1OS(=O)(=O)O. The van der Waals surface area contributed by atoms with Crippen LogP contribution in [0.5, 0.6) is 0 Å². The molecule has 0 aromatic rings. The zero-order valence-electron chi connectivity index (χ0n) is 57.1. The summed E-state index contributed by atoms with van der Waals surface area (Å²) in [6, 6.07) is 0. The predicted octanol–water partition coefficient (Wildman–Crippen LogP) is -14.6. The van der Waals surface area contributed by atoms with E-state index in [1.165, 1.54) is 0 Å². The zero-order valence-corrected chi connectivity index (χ0v) is 71.0. The minimum atomic E-state index is -7.17. The highest BCUT2D eigenvalue weighted by atomic mass is 32.3. The summed E-state index contributed by atoms with van der Waals surface area (Å²) in [5.74, 6) is 0. The summed E-state index contributed by atoms with van der Waals surface area (Å²) in [7, 11) is -114. The van der Waals surface area contributed by atoms with E-state index in [0.29, 0.717) is 0 Å². The summed E-state index contributed by atoms with van der Waals surface area (Å²) in [5.41, 5.74) is 0. The van der Waals surface area contributed by atoms with Crippen LogP contribution in [0.3, 0.4) is 0 Å². The summed E-state index contributed by atoms with van der Waals surface area (Å²) in [4.78, 5) is 19.1. The summed E-state index contributed by atoms with van der Waals surface area (Å²) < 4.78 is 692. The van der Waals surface area contributed by atoms with Crippen LogP contribution in [-0.4, -0.2) is 404 Å². The maximum Gasteiger partial charge on any atom is 0.469 e. The van der Waals surface area contributed by atoms with Crippen molar-refractivity contribution < 1.29 is 336 Å². The van der Waals surface area contributed by atoms with Crippen molar-refractivity contribution in [3.8, 4) is 0 Å². The first-order chi connectivity index (χ1) is 55.0. The molecule has 5 saturated heterocycles. The van der Waals surface area contributed by atoms with Gasteiger partial charge in [-0.3, -0.25) is 77.4 Å². The number of hydrogen-bond donors (Lipinski definition) is 18. The summed E-state index contributed by atoms with van der Waals surface area (Å²) >= 11 is 0. The van der Waals surface area contributed by atoms with Gasteiger partial charge in [0.2, 0.25) is 6.29 Å². The summed E-state index contributed by atoms with van der Waals surface area (Å²) in [5, 5.41) is 0. The van der Waals surface area contributed by atoms with Crippen LogP contribution in [0.25, 0.3) is 0 Å². The Bertz CT molecular complexity index is 5780. The third kappa shape index (κ3) is 40.6. The lowest BCUT2D eigenvalue weighted by Crippen LogP contribution is -2.70. The van der Waals surface area contributed by atoms with Crippen LogP contribution in [0.2, 0.25) is 0 Å². The molecule has 77 nitrogen and oxygen atoms in total. The van der Waals surface area contributed by atoms with Crippen LogP contribution in [0.4, 0.5) is 0 Å². The second kappa shape index (κ2) is 40.9. The van der Waals surface area contributed by atoms with Crippen LogP contribution in [0.1, 0.15) is 0 Å². The molecule has 18 N–H and O–H groups in total. The van der Waals surface area contributed by atoms with Gasteiger partial charge < -0.3 is 52.4 Å². The standard InChI is InChI=1S/C30H53O77PS16/c31-108(32,33)82-1-6-14(99-116(55,56)57)20(102-119(64,65)66)25(106-123(76,77)78)29(87-6)94-17-12(97-114(49,50)51)8(3-84-110(37,38)39)89-27(23(17)104-121(70,71)72)92-16-11(96-113(46,47)48)7(2-83-109(34,35)36)88-26(22(16)103-120(67,68)69)93-18-13(98-115(52,53)54)9(4-85-111(40,41)42)90-28(24(18)105-122(73,74)75)95-21-19(101-118(61,62)63)15(100-117(58,59)60)10(5-86-112(43,44)45)91-30(21)107-124(79,80)81/h6-30H,1-5H2,(H2,31,32,33)(H,34,35,36)(H,37,38,39)(H,40,41,42)(H,43,44,45)(H,46,47,48)(H,49,50,51)(H,52,53,54)(H,55,56,57)(H,58,59,60)(H,61,62,63)(H,64,65,66)(H,67,68,69)(H,70,71,72)(H,73,74,75)(H,76,77,78)(H,79,80,81)/t6-,7-,8-,9-,10-,11-,12-,13-,14-,15-,16+,17+,18+,19+,20+,21+,22+,23+,24+,25+,26-,27-,28-,29-,30?/m1/s1. The van der Waals surface area contributed by atoms with Crippen LogP contribution >= 0.6 is 7.82 Å². The Labute approximate surface area is 692 Å². The van der Waals surface area contributed by atoms with E-state index in [2.05, 4.69) is 71.5 Å². The Morgan fingerprint density at radius 1 is 0.185 bits per heavy atom. The van der Waals surface area contributed by atoms with Crippen molar-refractivity contribution in [1.29, 1.82) is 0 Å². The van der Waals surface area contributed by atoms with Crippen molar-refractivity contribution in [3.63, 3.8) is 0 Å². The van der Waals surface area contributed by atoms with Crippen molar-refractivity contribution in [2.45, 2.75) is 154 Å². The maximum atomic E-state index is 13.3. The highest BCUT2D eigenvalue weighted by molar-refractivity contribution is 7.84. The van der Waals surface area contributed by atoms with Gasteiger partial charge >= 0.3 is 174 Å². The fraction of sp³-hybridized carbons (Fsp3) is 1.00. The van der Waals surface area contributed by atoms with Gasteiger partial charge in [0, 0.05) is 0 Å². The lowest BCUT2D eigenvalue weighted by atomic mass is 9.95.